The SMILES string of the molecule is NC1=CSC=CO1. The number of hydrogen-bond acceptors (Lipinski definition) is 3. The molecule has 1 aliphatic heterocycles. The number of nitrogens with two attached hydrogens (primary N) is 1. The monoisotopic (exact) mass is 115 g/mol. The Morgan fingerprint density at radius 3 is 2.86 bits per heavy atom. The molecule has 0 unspecified atom stereocenters. The number of hydrogen-bond donors (Lipinski definition) is 1. The summed E-state index contributed by atoms with van der Waals surface area (Å²) in [5, 5.41) is 3.55. The molecule has 0 bridgehead atoms. The Bertz CT molecular complexity index is 119. The lowest BCUT2D eigenvalue weighted by atomic mass is 10.9. The molecule has 0 aromatic rings. The quantitative estimate of drug-likeness (QED) is 0.511. The van der Waals surface area contributed by atoms with E-state index in [1.54, 1.807) is 11.7 Å². The summed E-state index contributed by atoms with van der Waals surface area (Å²) in [4.78, 5) is 0. The third kappa shape index (κ3) is 1.16. The first-order chi connectivity index (χ1) is 3.39. The first-order valence-electron chi connectivity index (χ1n) is 1.82. The normalized spacial score (nSPS) is 18.0. The molecule has 0 fully saturated rings. The summed E-state index contributed by atoms with van der Waals surface area (Å²) in [6.07, 6.45) is 1.56. The van der Waals surface area contributed by atoms with E-state index < -0.39 is 0 Å². The second kappa shape index (κ2) is 1.93. The fourth-order valence-electron chi connectivity index (χ4n) is 0.273. The molecule has 7 heavy (non-hydrogen) atoms. The minimum absolute atomic E-state index is 0.465. The van der Waals surface area contributed by atoms with E-state index in [0.717, 1.165) is 0 Å². The Morgan fingerprint density at radius 2 is 2.57 bits per heavy atom. The van der Waals surface area contributed by atoms with E-state index in [4.69, 9.17) is 10.5 Å². The zero-order valence-electron chi connectivity index (χ0n) is 3.63. The van der Waals surface area contributed by atoms with Gasteiger partial charge in [0.15, 0.2) is 5.88 Å². The van der Waals surface area contributed by atoms with Crippen molar-refractivity contribution < 1.29 is 4.74 Å². The molecule has 0 amide bonds. The standard InChI is InChI=1S/C4H5NOS/c5-4-3-7-2-1-6-4/h1-3H,5H2. The maximum Gasteiger partial charge on any atom is 0.196 e. The van der Waals surface area contributed by atoms with E-state index in [1.165, 1.54) is 11.8 Å². The van der Waals surface area contributed by atoms with Crippen LogP contribution in [0.4, 0.5) is 0 Å². The molecule has 2 nitrogen and oxygen atoms in total. The molecule has 38 valence electrons. The van der Waals surface area contributed by atoms with E-state index >= 15 is 0 Å². The van der Waals surface area contributed by atoms with Crippen molar-refractivity contribution >= 4 is 11.8 Å². The minimum atomic E-state index is 0.465. The van der Waals surface area contributed by atoms with Crippen molar-refractivity contribution in [3.63, 3.8) is 0 Å². The molecule has 0 radical (unpaired) electrons. The van der Waals surface area contributed by atoms with Gasteiger partial charge in [-0.3, -0.25) is 0 Å². The van der Waals surface area contributed by atoms with Gasteiger partial charge in [-0.15, -0.1) is 0 Å². The highest BCUT2D eigenvalue weighted by atomic mass is 32.2. The summed E-state index contributed by atoms with van der Waals surface area (Å²) >= 11 is 1.51. The summed E-state index contributed by atoms with van der Waals surface area (Å²) in [5.74, 6) is 0.465. The van der Waals surface area contributed by atoms with E-state index in [-0.39, 0.29) is 0 Å². The third-order valence-electron chi connectivity index (χ3n) is 0.522. The maximum absolute atomic E-state index is 5.20. The highest BCUT2D eigenvalue weighted by molar-refractivity contribution is 8.04. The lowest BCUT2D eigenvalue weighted by Gasteiger charge is -2.00. The van der Waals surface area contributed by atoms with E-state index in [1.807, 2.05) is 5.41 Å². The van der Waals surface area contributed by atoms with E-state index in [9.17, 15) is 0 Å². The molecule has 1 rings (SSSR count). The van der Waals surface area contributed by atoms with Gasteiger partial charge in [-0.2, -0.15) is 0 Å². The first kappa shape index (κ1) is 4.59. The third-order valence-corrected chi connectivity index (χ3v) is 1.16. The molecule has 0 aromatic heterocycles. The lowest BCUT2D eigenvalue weighted by molar-refractivity contribution is 0.347. The molecule has 2 N–H and O–H groups in total. The van der Waals surface area contributed by atoms with Crippen molar-refractivity contribution in [3.05, 3.63) is 23.0 Å². The smallest absolute Gasteiger partial charge is 0.196 e. The summed E-state index contributed by atoms with van der Waals surface area (Å²) < 4.78 is 4.72. The van der Waals surface area contributed by atoms with Crippen LogP contribution in [0.2, 0.25) is 0 Å². The van der Waals surface area contributed by atoms with Crippen molar-refractivity contribution in [3.8, 4) is 0 Å². The van der Waals surface area contributed by atoms with Crippen molar-refractivity contribution in [2.45, 2.75) is 0 Å². The summed E-state index contributed by atoms with van der Waals surface area (Å²) in [6, 6.07) is 0. The number of thioether (sulfide) groups is 1. The molecule has 0 saturated heterocycles. The van der Waals surface area contributed by atoms with Gasteiger partial charge in [0.1, 0.15) is 0 Å². The van der Waals surface area contributed by atoms with Gasteiger partial charge in [0.25, 0.3) is 0 Å². The Balaban J connectivity index is 2.50. The Labute approximate surface area is 46.0 Å². The van der Waals surface area contributed by atoms with Crippen LogP contribution in [0.5, 0.6) is 0 Å². The Kier molecular flexibility index (Phi) is 1.26. The lowest BCUT2D eigenvalue weighted by Crippen LogP contribution is -1.98. The topological polar surface area (TPSA) is 35.2 Å². The number of rotatable bonds is 0. The summed E-state index contributed by atoms with van der Waals surface area (Å²) in [7, 11) is 0. The fourth-order valence-corrected chi connectivity index (χ4v) is 0.660. The minimum Gasteiger partial charge on any atom is -0.448 e. The van der Waals surface area contributed by atoms with Crippen LogP contribution in [0.15, 0.2) is 23.0 Å². The molecule has 0 aromatic carbocycles. The zero-order valence-corrected chi connectivity index (χ0v) is 4.44. The van der Waals surface area contributed by atoms with Crippen LogP contribution in [-0.2, 0) is 4.74 Å². The predicted molar refractivity (Wildman–Crippen MR) is 30.1 cm³/mol. The molecular formula is C4H5NOS. The van der Waals surface area contributed by atoms with Crippen LogP contribution in [0.3, 0.4) is 0 Å². The average molecular weight is 115 g/mol. The molecule has 0 atom stereocenters. The van der Waals surface area contributed by atoms with Crippen LogP contribution >= 0.6 is 11.8 Å². The van der Waals surface area contributed by atoms with Crippen LogP contribution in [0.1, 0.15) is 0 Å². The van der Waals surface area contributed by atoms with Crippen LogP contribution in [0.25, 0.3) is 0 Å². The maximum atomic E-state index is 5.20. The van der Waals surface area contributed by atoms with E-state index in [0.29, 0.717) is 5.88 Å². The van der Waals surface area contributed by atoms with Crippen molar-refractivity contribution in [2.75, 3.05) is 0 Å². The average Bonchev–Trinajstić information content (AvgIpc) is 1.69. The predicted octanol–water partition coefficient (Wildman–Crippen LogP) is 0.979. The van der Waals surface area contributed by atoms with Gasteiger partial charge in [-0.25, -0.2) is 0 Å². The van der Waals surface area contributed by atoms with Gasteiger partial charge < -0.3 is 10.5 Å². The van der Waals surface area contributed by atoms with Gasteiger partial charge in [0, 0.05) is 10.8 Å². The largest absolute Gasteiger partial charge is 0.448 e. The summed E-state index contributed by atoms with van der Waals surface area (Å²) in [6.45, 7) is 0. The van der Waals surface area contributed by atoms with Gasteiger partial charge in [-0.05, 0) is 0 Å². The molecule has 0 aliphatic carbocycles. The molecule has 0 spiro atoms. The molecular weight excluding hydrogens is 110 g/mol. The van der Waals surface area contributed by atoms with E-state index in [2.05, 4.69) is 0 Å². The van der Waals surface area contributed by atoms with Gasteiger partial charge >= 0.3 is 0 Å². The van der Waals surface area contributed by atoms with Crippen molar-refractivity contribution in [2.24, 2.45) is 5.73 Å². The summed E-state index contributed by atoms with van der Waals surface area (Å²) in [5.41, 5.74) is 5.20. The van der Waals surface area contributed by atoms with Crippen molar-refractivity contribution in [1.29, 1.82) is 0 Å². The van der Waals surface area contributed by atoms with Crippen LogP contribution < -0.4 is 5.73 Å². The zero-order chi connectivity index (χ0) is 5.11. The molecule has 0 saturated carbocycles. The Hall–Kier alpha value is -0.570. The second-order valence-corrected chi connectivity index (χ2v) is 1.83. The first-order valence-corrected chi connectivity index (χ1v) is 2.76. The van der Waals surface area contributed by atoms with Crippen LogP contribution in [0, 0.1) is 0 Å². The highest BCUT2D eigenvalue weighted by Crippen LogP contribution is 2.11. The molecule has 1 heterocycles. The number of ether oxygens (including phenoxy) is 1. The van der Waals surface area contributed by atoms with Crippen molar-refractivity contribution in [1.82, 2.24) is 0 Å². The fraction of sp³-hybridized carbons (Fsp3) is 0. The van der Waals surface area contributed by atoms with Crippen LogP contribution in [-0.4, -0.2) is 0 Å². The second-order valence-electron chi connectivity index (χ2n) is 1.05. The van der Waals surface area contributed by atoms with Gasteiger partial charge in [-0.1, -0.05) is 11.8 Å². The molecule has 3 heteroatoms. The highest BCUT2D eigenvalue weighted by Gasteiger charge is 1.88. The Morgan fingerprint density at radius 1 is 1.71 bits per heavy atom. The molecule has 1 aliphatic rings. The van der Waals surface area contributed by atoms with Gasteiger partial charge in [0.2, 0.25) is 0 Å². The van der Waals surface area contributed by atoms with Gasteiger partial charge in [0.05, 0.1) is 6.26 Å².